The Morgan fingerprint density at radius 1 is 1.12 bits per heavy atom. The van der Waals surface area contributed by atoms with E-state index in [2.05, 4.69) is 10.3 Å². The van der Waals surface area contributed by atoms with Gasteiger partial charge in [-0.15, -0.1) is 4.99 Å². The number of carboxylic acid groups (broad SMARTS) is 2. The maximum atomic E-state index is 15.5. The molecule has 0 saturated carbocycles. The average molecular weight is 480 g/mol. The quantitative estimate of drug-likeness (QED) is 0.443. The maximum absolute atomic E-state index is 15.5. The van der Waals surface area contributed by atoms with Gasteiger partial charge in [-0.2, -0.15) is 0 Å². The van der Waals surface area contributed by atoms with Crippen molar-refractivity contribution in [2.45, 2.75) is 72.0 Å². The van der Waals surface area contributed by atoms with Crippen LogP contribution in [0.4, 0.5) is 25.4 Å². The summed E-state index contributed by atoms with van der Waals surface area (Å²) in [6.45, 7) is 12.5. The molecule has 3 amide bonds. The molecule has 1 saturated heterocycles. The van der Waals surface area contributed by atoms with E-state index < -0.39 is 35.0 Å². The molecule has 1 aromatic carbocycles. The molecule has 11 heteroatoms. The second-order valence-electron chi connectivity index (χ2n) is 10.3. The number of carbonyl (C=O) groups is 3. The zero-order chi connectivity index (χ0) is 26.0. The summed E-state index contributed by atoms with van der Waals surface area (Å²) in [5, 5.41) is 22.2. The highest BCUT2D eigenvalue weighted by Crippen LogP contribution is 2.33. The van der Waals surface area contributed by atoms with Crippen molar-refractivity contribution in [1.82, 2.24) is 10.2 Å². The van der Waals surface area contributed by atoms with E-state index in [1.54, 1.807) is 47.6 Å². The number of nitrogens with one attached hydrogen (secondary N) is 1. The van der Waals surface area contributed by atoms with E-state index in [0.29, 0.717) is 18.8 Å². The van der Waals surface area contributed by atoms with Crippen molar-refractivity contribution in [2.24, 2.45) is 4.99 Å². The molecule has 1 heterocycles. The van der Waals surface area contributed by atoms with Crippen LogP contribution < -0.4 is 15.1 Å². The fourth-order valence-electron chi connectivity index (χ4n) is 4.00. The van der Waals surface area contributed by atoms with Gasteiger partial charge in [-0.05, 0) is 66.2 Å². The van der Waals surface area contributed by atoms with Gasteiger partial charge in [-0.25, -0.2) is 18.9 Å². The van der Waals surface area contributed by atoms with Crippen LogP contribution in [0.25, 0.3) is 0 Å². The van der Waals surface area contributed by atoms with Crippen molar-refractivity contribution in [3.63, 3.8) is 0 Å². The molecule has 0 unspecified atom stereocenters. The molecule has 10 nitrogen and oxygen atoms in total. The van der Waals surface area contributed by atoms with Crippen molar-refractivity contribution >= 4 is 35.4 Å². The highest BCUT2D eigenvalue weighted by atomic mass is 19.1. The molecule has 0 aliphatic carbocycles. The number of amides is 3. The molecule has 1 aromatic rings. The predicted molar refractivity (Wildman–Crippen MR) is 128 cm³/mol. The van der Waals surface area contributed by atoms with Crippen LogP contribution in [0.1, 0.15) is 54.9 Å². The molecule has 0 bridgehead atoms. The van der Waals surface area contributed by atoms with Crippen LogP contribution in [0, 0.1) is 5.82 Å². The fourth-order valence-corrected chi connectivity index (χ4v) is 4.00. The first-order chi connectivity index (χ1) is 15.5. The number of nitrogens with zero attached hydrogens (tertiary/aromatic N) is 4. The monoisotopic (exact) mass is 479 g/mol. The number of carbonyl (C=O) groups excluding carboxylic acids is 1. The third-order valence-corrected chi connectivity index (χ3v) is 5.26. The van der Waals surface area contributed by atoms with Crippen LogP contribution in [0.5, 0.6) is 0 Å². The van der Waals surface area contributed by atoms with Gasteiger partial charge in [0.25, 0.3) is 0 Å². The Bertz CT molecular complexity index is 983. The van der Waals surface area contributed by atoms with Gasteiger partial charge in [0.1, 0.15) is 5.82 Å². The molecule has 1 aliphatic heterocycles. The number of hydrogen-bond donors (Lipinski definition) is 3. The van der Waals surface area contributed by atoms with E-state index >= 15 is 4.39 Å². The fraction of sp³-hybridized carbons (Fsp3) is 0.565. The lowest BCUT2D eigenvalue weighted by molar-refractivity contribution is -0.119. The first kappa shape index (κ1) is 26.9. The zero-order valence-electron chi connectivity index (χ0n) is 20.7. The van der Waals surface area contributed by atoms with E-state index in [1.807, 2.05) is 4.90 Å². The Morgan fingerprint density at radius 3 is 2.18 bits per heavy atom. The molecule has 1 aliphatic rings. The molecule has 3 N–H and O–H groups in total. The van der Waals surface area contributed by atoms with Gasteiger partial charge in [0.05, 0.1) is 5.69 Å². The number of anilines is 2. The largest absolute Gasteiger partial charge is 0.465 e. The molecule has 2 rings (SSSR count). The summed E-state index contributed by atoms with van der Waals surface area (Å²) < 4.78 is 15.5. The van der Waals surface area contributed by atoms with Crippen molar-refractivity contribution < 1.29 is 29.0 Å². The summed E-state index contributed by atoms with van der Waals surface area (Å²) in [5.41, 5.74) is -1.40. The van der Waals surface area contributed by atoms with Crippen molar-refractivity contribution in [3.05, 3.63) is 24.0 Å². The van der Waals surface area contributed by atoms with Gasteiger partial charge in [0, 0.05) is 42.8 Å². The van der Waals surface area contributed by atoms with E-state index in [4.69, 9.17) is 0 Å². The van der Waals surface area contributed by atoms with Crippen molar-refractivity contribution in [2.75, 3.05) is 22.9 Å². The second-order valence-corrected chi connectivity index (χ2v) is 10.3. The minimum atomic E-state index is -1.60. The van der Waals surface area contributed by atoms with Crippen LogP contribution in [0.3, 0.4) is 0 Å². The lowest BCUT2D eigenvalue weighted by Gasteiger charge is -2.44. The maximum Gasteiger partial charge on any atom is 0.434 e. The molecule has 188 valence electrons. The lowest BCUT2D eigenvalue weighted by atomic mass is 10.0. The SMILES string of the molecule is CC(=O)N[C@@H]1CCN(c2ccc(N(C(=NC(=O)O)N(C(=O)O)C(C)(C)C)C(C)(C)C)c(F)c2)C1. The summed E-state index contributed by atoms with van der Waals surface area (Å²) in [5.74, 6) is -1.20. The highest BCUT2D eigenvalue weighted by Gasteiger charge is 2.40. The van der Waals surface area contributed by atoms with E-state index in [9.17, 15) is 24.6 Å². The number of benzene rings is 1. The van der Waals surface area contributed by atoms with Gasteiger partial charge in [-0.3, -0.25) is 4.79 Å². The Kier molecular flexibility index (Phi) is 7.80. The molecular weight excluding hydrogens is 445 g/mol. The number of rotatable bonds is 3. The summed E-state index contributed by atoms with van der Waals surface area (Å²) in [7, 11) is 0. The smallest absolute Gasteiger partial charge is 0.434 e. The van der Waals surface area contributed by atoms with E-state index in [1.165, 1.54) is 24.0 Å². The third kappa shape index (κ3) is 6.36. The Balaban J connectivity index is 2.55. The second kappa shape index (κ2) is 9.86. The van der Waals surface area contributed by atoms with Gasteiger partial charge in [-0.1, -0.05) is 0 Å². The highest BCUT2D eigenvalue weighted by molar-refractivity contribution is 6.08. The minimum absolute atomic E-state index is 0.00985. The van der Waals surface area contributed by atoms with Gasteiger partial charge >= 0.3 is 12.2 Å². The molecule has 1 atom stereocenters. The first-order valence-corrected chi connectivity index (χ1v) is 11.0. The van der Waals surface area contributed by atoms with Gasteiger partial charge < -0.3 is 25.3 Å². The van der Waals surface area contributed by atoms with Crippen LogP contribution in [0.2, 0.25) is 0 Å². The van der Waals surface area contributed by atoms with Crippen molar-refractivity contribution in [1.29, 1.82) is 0 Å². The third-order valence-electron chi connectivity index (χ3n) is 5.26. The normalized spacial score (nSPS) is 16.9. The number of hydrogen-bond acceptors (Lipinski definition) is 4. The van der Waals surface area contributed by atoms with Crippen LogP contribution >= 0.6 is 0 Å². The Morgan fingerprint density at radius 2 is 1.74 bits per heavy atom. The topological polar surface area (TPSA) is 126 Å². The zero-order valence-corrected chi connectivity index (χ0v) is 20.7. The number of guanidine groups is 1. The number of halogens is 1. The first-order valence-electron chi connectivity index (χ1n) is 11.0. The predicted octanol–water partition coefficient (Wildman–Crippen LogP) is 3.96. The van der Waals surface area contributed by atoms with E-state index in [0.717, 1.165) is 11.3 Å². The minimum Gasteiger partial charge on any atom is -0.465 e. The van der Waals surface area contributed by atoms with Crippen LogP contribution in [-0.2, 0) is 4.79 Å². The van der Waals surface area contributed by atoms with Crippen LogP contribution in [0.15, 0.2) is 23.2 Å². The van der Waals surface area contributed by atoms with Gasteiger partial charge in [0.15, 0.2) is 0 Å². The molecule has 1 fully saturated rings. The Labute approximate surface area is 199 Å². The Hall–Kier alpha value is -3.37. The number of aliphatic imine (C=N–C) groups is 1. The molecule has 0 spiro atoms. The van der Waals surface area contributed by atoms with Crippen molar-refractivity contribution in [3.8, 4) is 0 Å². The van der Waals surface area contributed by atoms with E-state index in [-0.39, 0.29) is 17.6 Å². The summed E-state index contributed by atoms with van der Waals surface area (Å²) in [4.78, 5) is 42.7. The summed E-state index contributed by atoms with van der Waals surface area (Å²) in [6.07, 6.45) is -2.29. The van der Waals surface area contributed by atoms with Crippen LogP contribution in [-0.4, -0.2) is 69.4 Å². The molecule has 0 radical (unpaired) electrons. The average Bonchev–Trinajstić information content (AvgIpc) is 3.07. The lowest BCUT2D eigenvalue weighted by Crippen LogP contribution is -2.60. The molecule has 0 aromatic heterocycles. The standard InChI is InChI=1S/C23H34FN5O5/c1-14(30)25-15-10-11-27(13-15)16-8-9-18(17(24)12-16)28(22(2,3)4)19(26-20(31)32)29(21(33)34)23(5,6)7/h8-9,12,15H,10-11,13H2,1-7H3,(H,25,30)(H,31,32)(H,33,34)/t15-/m1/s1. The molecular formula is C23H34FN5O5. The van der Waals surface area contributed by atoms with Gasteiger partial charge in [0.2, 0.25) is 11.9 Å². The molecule has 34 heavy (non-hydrogen) atoms. The summed E-state index contributed by atoms with van der Waals surface area (Å²) in [6, 6.07) is 4.47. The summed E-state index contributed by atoms with van der Waals surface area (Å²) >= 11 is 0.